The van der Waals surface area contributed by atoms with Gasteiger partial charge in [0, 0.05) is 17.1 Å². The molecule has 8 heteroatoms. The third-order valence-electron chi connectivity index (χ3n) is 4.11. The largest absolute Gasteiger partial charge is 0.368 e. The first-order valence-corrected chi connectivity index (χ1v) is 9.66. The number of rotatable bonds is 3. The zero-order valence-electron chi connectivity index (χ0n) is 14.2. The van der Waals surface area contributed by atoms with E-state index in [4.69, 9.17) is 5.73 Å². The van der Waals surface area contributed by atoms with E-state index in [9.17, 15) is 4.79 Å². The molecule has 0 radical (unpaired) electrons. The lowest BCUT2D eigenvalue weighted by molar-refractivity contribution is 0.102. The Hall–Kier alpha value is -2.84. The van der Waals surface area contributed by atoms with Crippen molar-refractivity contribution in [2.45, 2.75) is 6.92 Å². The van der Waals surface area contributed by atoms with Gasteiger partial charge >= 0.3 is 0 Å². The minimum absolute atomic E-state index is 0.199. The molecule has 4 rings (SSSR count). The Labute approximate surface area is 167 Å². The Kier molecular flexibility index (Phi) is 4.59. The Morgan fingerprint density at radius 2 is 2.00 bits per heavy atom. The number of hydrogen-bond acceptors (Lipinski definition) is 6. The number of thiazole rings is 1. The summed E-state index contributed by atoms with van der Waals surface area (Å²) in [6, 6.07) is 11.5. The number of nitrogens with one attached hydrogen (secondary N) is 1. The summed E-state index contributed by atoms with van der Waals surface area (Å²) in [4.78, 5) is 25.0. The van der Waals surface area contributed by atoms with Gasteiger partial charge in [-0.15, -0.1) is 0 Å². The summed E-state index contributed by atoms with van der Waals surface area (Å²) in [5, 5.41) is 4.26. The Morgan fingerprint density at radius 3 is 2.78 bits per heavy atom. The fraction of sp³-hybridized carbons (Fsp3) is 0.0526. The molecule has 0 unspecified atom stereocenters. The highest BCUT2D eigenvalue weighted by Crippen LogP contribution is 2.28. The zero-order chi connectivity index (χ0) is 19.0. The van der Waals surface area contributed by atoms with Gasteiger partial charge < -0.3 is 5.73 Å². The number of nitrogens with zero attached hydrogens (tertiary/aromatic N) is 3. The minimum Gasteiger partial charge on any atom is -0.368 e. The number of anilines is 2. The molecule has 6 nitrogen and oxygen atoms in total. The summed E-state index contributed by atoms with van der Waals surface area (Å²) in [6.07, 6.45) is 3.36. The second-order valence-corrected chi connectivity index (χ2v) is 8.37. The standard InChI is InChI=1S/C19H14BrN5OS/c1-10-2-3-12(17(26)25-19-23-9-16(20)27-19)7-14(10)11-4-5-15-13(6-11)8-22-18(21)24-15/h2-9H,1H3,(H2,21,22,24)(H,23,25,26). The number of nitrogen functional groups attached to an aromatic ring is 1. The van der Waals surface area contributed by atoms with Gasteiger partial charge in [0.1, 0.15) is 0 Å². The van der Waals surface area contributed by atoms with Gasteiger partial charge in [0.15, 0.2) is 5.13 Å². The maximum absolute atomic E-state index is 12.6. The van der Waals surface area contributed by atoms with Crippen molar-refractivity contribution in [3.05, 3.63) is 63.7 Å². The van der Waals surface area contributed by atoms with Crippen LogP contribution in [0.3, 0.4) is 0 Å². The fourth-order valence-corrected chi connectivity index (χ4v) is 3.87. The van der Waals surface area contributed by atoms with Crippen molar-refractivity contribution >= 4 is 55.2 Å². The number of carbonyl (C=O) groups excluding carboxylic acids is 1. The van der Waals surface area contributed by atoms with Crippen molar-refractivity contribution in [2.24, 2.45) is 0 Å². The quantitative estimate of drug-likeness (QED) is 0.483. The molecule has 2 heterocycles. The number of benzene rings is 2. The monoisotopic (exact) mass is 439 g/mol. The zero-order valence-corrected chi connectivity index (χ0v) is 16.6. The summed E-state index contributed by atoms with van der Waals surface area (Å²) >= 11 is 4.71. The number of nitrogens with two attached hydrogens (primary N) is 1. The molecule has 0 aliphatic rings. The van der Waals surface area contributed by atoms with Crippen LogP contribution in [-0.4, -0.2) is 20.9 Å². The second-order valence-electron chi connectivity index (χ2n) is 5.96. The number of aromatic nitrogens is 3. The van der Waals surface area contributed by atoms with Crippen LogP contribution in [0.25, 0.3) is 22.0 Å². The summed E-state index contributed by atoms with van der Waals surface area (Å²) in [5.41, 5.74) is 10.0. The van der Waals surface area contributed by atoms with Crippen molar-refractivity contribution in [1.82, 2.24) is 15.0 Å². The first-order valence-electron chi connectivity index (χ1n) is 8.05. The number of fused-ring (bicyclic) bond motifs is 1. The number of aryl methyl sites for hydroxylation is 1. The maximum Gasteiger partial charge on any atom is 0.257 e. The van der Waals surface area contributed by atoms with Gasteiger partial charge in [-0.3, -0.25) is 10.1 Å². The van der Waals surface area contributed by atoms with E-state index in [1.165, 1.54) is 11.3 Å². The molecule has 0 spiro atoms. The average molecular weight is 440 g/mol. The molecule has 3 N–H and O–H groups in total. The molecule has 0 fully saturated rings. The number of hydrogen-bond donors (Lipinski definition) is 2. The van der Waals surface area contributed by atoms with E-state index in [1.54, 1.807) is 12.4 Å². The summed E-state index contributed by atoms with van der Waals surface area (Å²) in [6.45, 7) is 2.01. The summed E-state index contributed by atoms with van der Waals surface area (Å²) in [7, 11) is 0. The minimum atomic E-state index is -0.199. The SMILES string of the molecule is Cc1ccc(C(=O)Nc2ncc(Br)s2)cc1-c1ccc2nc(N)ncc2c1. The van der Waals surface area contributed by atoms with Crippen LogP contribution in [-0.2, 0) is 0 Å². The highest BCUT2D eigenvalue weighted by molar-refractivity contribution is 9.11. The van der Waals surface area contributed by atoms with Gasteiger partial charge in [-0.05, 0) is 63.8 Å². The van der Waals surface area contributed by atoms with E-state index in [-0.39, 0.29) is 11.9 Å². The topological polar surface area (TPSA) is 93.8 Å². The van der Waals surface area contributed by atoms with Crippen LogP contribution < -0.4 is 11.1 Å². The van der Waals surface area contributed by atoms with Crippen LogP contribution in [0.2, 0.25) is 0 Å². The van der Waals surface area contributed by atoms with E-state index < -0.39 is 0 Å². The molecule has 2 aromatic heterocycles. The lowest BCUT2D eigenvalue weighted by atomic mass is 9.97. The van der Waals surface area contributed by atoms with E-state index in [2.05, 4.69) is 36.2 Å². The third kappa shape index (κ3) is 3.67. The lowest BCUT2D eigenvalue weighted by Gasteiger charge is -2.10. The Morgan fingerprint density at radius 1 is 1.15 bits per heavy atom. The second kappa shape index (κ2) is 7.05. The molecule has 134 valence electrons. The molecule has 0 saturated carbocycles. The van der Waals surface area contributed by atoms with Crippen molar-refractivity contribution in [1.29, 1.82) is 0 Å². The molecule has 0 saturated heterocycles. The number of carbonyl (C=O) groups is 1. The Balaban J connectivity index is 1.70. The van der Waals surface area contributed by atoms with Crippen molar-refractivity contribution in [3.63, 3.8) is 0 Å². The number of halogens is 1. The third-order valence-corrected chi connectivity index (χ3v) is 5.50. The van der Waals surface area contributed by atoms with Gasteiger partial charge in [0.25, 0.3) is 5.91 Å². The predicted molar refractivity (Wildman–Crippen MR) is 112 cm³/mol. The van der Waals surface area contributed by atoms with Crippen molar-refractivity contribution in [3.8, 4) is 11.1 Å². The lowest BCUT2D eigenvalue weighted by Crippen LogP contribution is -2.11. The van der Waals surface area contributed by atoms with Crippen molar-refractivity contribution in [2.75, 3.05) is 11.1 Å². The first-order chi connectivity index (χ1) is 13.0. The van der Waals surface area contributed by atoms with Crippen LogP contribution >= 0.6 is 27.3 Å². The molecule has 0 atom stereocenters. The molecule has 1 amide bonds. The van der Waals surface area contributed by atoms with Crippen LogP contribution in [0.1, 0.15) is 15.9 Å². The summed E-state index contributed by atoms with van der Waals surface area (Å²) < 4.78 is 0.862. The fourth-order valence-electron chi connectivity index (χ4n) is 2.77. The maximum atomic E-state index is 12.6. The van der Waals surface area contributed by atoms with E-state index >= 15 is 0 Å². The van der Waals surface area contributed by atoms with Gasteiger partial charge in [-0.1, -0.05) is 23.5 Å². The number of amides is 1. The van der Waals surface area contributed by atoms with Gasteiger partial charge in [-0.2, -0.15) is 0 Å². The van der Waals surface area contributed by atoms with E-state index in [1.807, 2.05) is 43.3 Å². The van der Waals surface area contributed by atoms with Crippen molar-refractivity contribution < 1.29 is 4.79 Å². The van der Waals surface area contributed by atoms with Crippen LogP contribution in [0.4, 0.5) is 11.1 Å². The predicted octanol–water partition coefficient (Wildman–Crippen LogP) is 4.66. The van der Waals surface area contributed by atoms with Gasteiger partial charge in [-0.25, -0.2) is 15.0 Å². The molecule has 0 aliphatic carbocycles. The molecule has 0 aliphatic heterocycles. The molecule has 4 aromatic rings. The van der Waals surface area contributed by atoms with E-state index in [0.29, 0.717) is 10.7 Å². The summed E-state index contributed by atoms with van der Waals surface area (Å²) in [5.74, 6) is 0.0499. The molecule has 27 heavy (non-hydrogen) atoms. The average Bonchev–Trinajstić information content (AvgIpc) is 3.06. The highest BCUT2D eigenvalue weighted by atomic mass is 79.9. The van der Waals surface area contributed by atoms with E-state index in [0.717, 1.165) is 31.4 Å². The molecular weight excluding hydrogens is 426 g/mol. The van der Waals surface area contributed by atoms with Crippen LogP contribution in [0.15, 0.2) is 52.6 Å². The van der Waals surface area contributed by atoms with Gasteiger partial charge in [0.05, 0.1) is 15.5 Å². The molecular formula is C19H14BrN5OS. The van der Waals surface area contributed by atoms with Gasteiger partial charge in [0.2, 0.25) is 5.95 Å². The molecule has 0 bridgehead atoms. The molecule has 2 aromatic carbocycles. The Bertz CT molecular complexity index is 1170. The van der Waals surface area contributed by atoms with Crippen LogP contribution in [0.5, 0.6) is 0 Å². The highest BCUT2D eigenvalue weighted by Gasteiger charge is 2.12. The first kappa shape index (κ1) is 17.6. The normalized spacial score (nSPS) is 10.9. The van der Waals surface area contributed by atoms with Crippen LogP contribution in [0, 0.1) is 6.92 Å². The smallest absolute Gasteiger partial charge is 0.257 e.